The molecule has 0 atom stereocenters. The van der Waals surface area contributed by atoms with Gasteiger partial charge >= 0.3 is 5.97 Å². The largest absolute Gasteiger partial charge is 0.481 e. The van der Waals surface area contributed by atoms with E-state index in [-0.39, 0.29) is 6.42 Å². The Kier molecular flexibility index (Phi) is 2.32. The van der Waals surface area contributed by atoms with Crippen LogP contribution < -0.4 is 4.74 Å². The summed E-state index contributed by atoms with van der Waals surface area (Å²) >= 11 is 0. The zero-order chi connectivity index (χ0) is 9.14. The van der Waals surface area contributed by atoms with Crippen LogP contribution in [0.3, 0.4) is 0 Å². The highest BCUT2D eigenvalue weighted by Gasteiger charge is 2.07. The third kappa shape index (κ3) is 1.75. The molecule has 0 spiro atoms. The first-order valence-corrected chi connectivity index (χ1v) is 3.42. The average Bonchev–Trinajstić information content (AvgIpc) is 2.29. The van der Waals surface area contributed by atoms with E-state index in [9.17, 15) is 4.79 Å². The van der Waals surface area contributed by atoms with Gasteiger partial charge in [0.2, 0.25) is 5.88 Å². The molecular formula is C7H10N2O3. The van der Waals surface area contributed by atoms with Gasteiger partial charge in [-0.2, -0.15) is 5.10 Å². The van der Waals surface area contributed by atoms with Gasteiger partial charge in [0.05, 0.1) is 19.2 Å². The van der Waals surface area contributed by atoms with Gasteiger partial charge in [0.25, 0.3) is 0 Å². The fraction of sp³-hybridized carbons (Fsp3) is 0.429. The molecule has 0 fully saturated rings. The van der Waals surface area contributed by atoms with Crippen LogP contribution in [0, 0.1) is 0 Å². The maximum atomic E-state index is 10.3. The van der Waals surface area contributed by atoms with Crippen molar-refractivity contribution in [2.24, 2.45) is 7.05 Å². The minimum atomic E-state index is -0.893. The summed E-state index contributed by atoms with van der Waals surface area (Å²) in [5.41, 5.74) is 0.502. The molecule has 0 radical (unpaired) electrons. The molecule has 5 heteroatoms. The number of ether oxygens (including phenoxy) is 1. The molecule has 1 aromatic rings. The van der Waals surface area contributed by atoms with Crippen LogP contribution in [0.1, 0.15) is 5.69 Å². The number of carbonyl (C=O) groups is 1. The number of aliphatic carboxylic acids is 1. The monoisotopic (exact) mass is 170 g/mol. The molecule has 66 valence electrons. The van der Waals surface area contributed by atoms with Gasteiger partial charge in [-0.05, 0) is 0 Å². The molecule has 0 aromatic carbocycles. The van der Waals surface area contributed by atoms with E-state index < -0.39 is 5.97 Å². The van der Waals surface area contributed by atoms with Gasteiger partial charge in [-0.15, -0.1) is 0 Å². The number of carboxylic acids is 1. The molecular weight excluding hydrogens is 160 g/mol. The summed E-state index contributed by atoms with van der Waals surface area (Å²) < 4.78 is 6.41. The Bertz CT molecular complexity index is 293. The Morgan fingerprint density at radius 2 is 2.50 bits per heavy atom. The van der Waals surface area contributed by atoms with E-state index in [4.69, 9.17) is 9.84 Å². The molecule has 0 unspecified atom stereocenters. The van der Waals surface area contributed by atoms with Crippen molar-refractivity contribution in [3.05, 3.63) is 11.8 Å². The third-order valence-corrected chi connectivity index (χ3v) is 1.43. The first kappa shape index (κ1) is 8.58. The smallest absolute Gasteiger partial charge is 0.309 e. The van der Waals surface area contributed by atoms with Gasteiger partial charge in [-0.3, -0.25) is 4.79 Å². The zero-order valence-electron chi connectivity index (χ0n) is 6.94. The molecule has 0 amide bonds. The summed E-state index contributed by atoms with van der Waals surface area (Å²) in [6, 6.07) is 1.61. The minimum Gasteiger partial charge on any atom is -0.481 e. The van der Waals surface area contributed by atoms with Crippen molar-refractivity contribution in [2.75, 3.05) is 7.11 Å². The number of carboxylic acid groups (broad SMARTS) is 1. The van der Waals surface area contributed by atoms with E-state index in [0.29, 0.717) is 11.6 Å². The fourth-order valence-corrected chi connectivity index (χ4v) is 0.939. The van der Waals surface area contributed by atoms with Crippen LogP contribution in [0.2, 0.25) is 0 Å². The second kappa shape index (κ2) is 3.25. The lowest BCUT2D eigenvalue weighted by Crippen LogP contribution is -2.01. The summed E-state index contributed by atoms with van der Waals surface area (Å²) in [4.78, 5) is 10.3. The Morgan fingerprint density at radius 1 is 1.83 bits per heavy atom. The molecule has 0 aliphatic rings. The second-order valence-corrected chi connectivity index (χ2v) is 2.37. The number of aryl methyl sites for hydroxylation is 1. The Hall–Kier alpha value is -1.52. The summed E-state index contributed by atoms with van der Waals surface area (Å²) in [5, 5.41) is 12.4. The van der Waals surface area contributed by atoms with Gasteiger partial charge in [0.1, 0.15) is 0 Å². The van der Waals surface area contributed by atoms with Gasteiger partial charge in [0.15, 0.2) is 0 Å². The number of rotatable bonds is 3. The first-order valence-electron chi connectivity index (χ1n) is 3.42. The van der Waals surface area contributed by atoms with Crippen LogP contribution >= 0.6 is 0 Å². The van der Waals surface area contributed by atoms with Crippen molar-refractivity contribution in [2.45, 2.75) is 6.42 Å². The number of hydrogen-bond donors (Lipinski definition) is 1. The lowest BCUT2D eigenvalue weighted by atomic mass is 10.3. The molecule has 0 saturated carbocycles. The standard InChI is InChI=1S/C7H10N2O3/c1-9-6(12-2)3-5(8-9)4-7(10)11/h3H,4H2,1-2H3,(H,10,11). The van der Waals surface area contributed by atoms with Crippen molar-refractivity contribution in [1.82, 2.24) is 9.78 Å². The molecule has 1 aromatic heterocycles. The van der Waals surface area contributed by atoms with Crippen LogP contribution in [-0.4, -0.2) is 28.0 Å². The van der Waals surface area contributed by atoms with Crippen molar-refractivity contribution in [3.63, 3.8) is 0 Å². The molecule has 0 aliphatic carbocycles. The van der Waals surface area contributed by atoms with E-state index >= 15 is 0 Å². The Morgan fingerprint density at radius 3 is 2.92 bits per heavy atom. The molecule has 1 rings (SSSR count). The highest BCUT2D eigenvalue weighted by atomic mass is 16.5. The molecule has 0 aliphatic heterocycles. The summed E-state index contributed by atoms with van der Waals surface area (Å²) in [7, 11) is 3.21. The van der Waals surface area contributed by atoms with E-state index in [0.717, 1.165) is 0 Å². The van der Waals surface area contributed by atoms with E-state index in [1.54, 1.807) is 13.1 Å². The molecule has 1 N–H and O–H groups in total. The predicted molar refractivity (Wildman–Crippen MR) is 41.1 cm³/mol. The SMILES string of the molecule is COc1cc(CC(=O)O)nn1C. The van der Waals surface area contributed by atoms with Crippen LogP contribution in [-0.2, 0) is 18.3 Å². The van der Waals surface area contributed by atoms with Gasteiger partial charge in [-0.25, -0.2) is 4.68 Å². The number of hydrogen-bond acceptors (Lipinski definition) is 3. The Labute approximate surface area is 69.6 Å². The lowest BCUT2D eigenvalue weighted by Gasteiger charge is -1.95. The molecule has 1 heterocycles. The quantitative estimate of drug-likeness (QED) is 0.696. The zero-order valence-corrected chi connectivity index (χ0v) is 6.94. The maximum absolute atomic E-state index is 10.3. The van der Waals surface area contributed by atoms with Crippen molar-refractivity contribution < 1.29 is 14.6 Å². The van der Waals surface area contributed by atoms with E-state index in [1.165, 1.54) is 11.8 Å². The van der Waals surface area contributed by atoms with Crippen LogP contribution in [0.15, 0.2) is 6.07 Å². The lowest BCUT2D eigenvalue weighted by molar-refractivity contribution is -0.136. The topological polar surface area (TPSA) is 64.3 Å². The highest BCUT2D eigenvalue weighted by molar-refractivity contribution is 5.69. The average molecular weight is 170 g/mol. The molecule has 0 saturated heterocycles. The number of nitrogens with zero attached hydrogens (tertiary/aromatic N) is 2. The van der Waals surface area contributed by atoms with Crippen LogP contribution in [0.4, 0.5) is 0 Å². The van der Waals surface area contributed by atoms with Crippen molar-refractivity contribution >= 4 is 5.97 Å². The van der Waals surface area contributed by atoms with E-state index in [2.05, 4.69) is 5.10 Å². The van der Waals surface area contributed by atoms with Gasteiger partial charge in [0, 0.05) is 13.1 Å². The predicted octanol–water partition coefficient (Wildman–Crippen LogP) is 0.0558. The molecule has 0 bridgehead atoms. The van der Waals surface area contributed by atoms with Gasteiger partial charge < -0.3 is 9.84 Å². The third-order valence-electron chi connectivity index (χ3n) is 1.43. The molecule has 5 nitrogen and oxygen atoms in total. The Balaban J connectivity index is 2.82. The number of methoxy groups -OCH3 is 1. The van der Waals surface area contributed by atoms with Crippen molar-refractivity contribution in [1.29, 1.82) is 0 Å². The minimum absolute atomic E-state index is 0.0722. The van der Waals surface area contributed by atoms with E-state index in [1.807, 2.05) is 0 Å². The summed E-state index contributed by atoms with van der Waals surface area (Å²) in [6.07, 6.45) is -0.0722. The maximum Gasteiger partial charge on any atom is 0.309 e. The summed E-state index contributed by atoms with van der Waals surface area (Å²) in [6.45, 7) is 0. The first-order chi connectivity index (χ1) is 5.63. The fourth-order valence-electron chi connectivity index (χ4n) is 0.939. The van der Waals surface area contributed by atoms with Crippen molar-refractivity contribution in [3.8, 4) is 5.88 Å². The van der Waals surface area contributed by atoms with Crippen LogP contribution in [0.5, 0.6) is 5.88 Å². The molecule has 12 heavy (non-hydrogen) atoms. The highest BCUT2D eigenvalue weighted by Crippen LogP contribution is 2.10. The van der Waals surface area contributed by atoms with Gasteiger partial charge in [-0.1, -0.05) is 0 Å². The van der Waals surface area contributed by atoms with Crippen LogP contribution in [0.25, 0.3) is 0 Å². The number of aromatic nitrogens is 2. The normalized spacial score (nSPS) is 9.83. The second-order valence-electron chi connectivity index (χ2n) is 2.37. The summed E-state index contributed by atoms with van der Waals surface area (Å²) in [5.74, 6) is -0.331.